The van der Waals surface area contributed by atoms with Crippen LogP contribution in [0.25, 0.3) is 0 Å². The van der Waals surface area contributed by atoms with Crippen LogP contribution in [-0.2, 0) is 24.5 Å². The van der Waals surface area contributed by atoms with E-state index in [4.69, 9.17) is 4.74 Å². The molecular formula is C15H17F3N4O. The molecular weight excluding hydrogens is 309 g/mol. The van der Waals surface area contributed by atoms with E-state index in [2.05, 4.69) is 10.2 Å². The number of aromatic nitrogens is 3. The lowest BCUT2D eigenvalue weighted by molar-refractivity contribution is -0.140. The molecule has 0 unspecified atom stereocenters. The molecule has 0 bridgehead atoms. The first-order valence-electron chi connectivity index (χ1n) is 7.28. The van der Waals surface area contributed by atoms with Crippen molar-refractivity contribution < 1.29 is 17.9 Å². The van der Waals surface area contributed by atoms with Crippen LogP contribution < -0.4 is 0 Å². The minimum atomic E-state index is -4.38. The Morgan fingerprint density at radius 1 is 1.30 bits per heavy atom. The first-order valence-corrected chi connectivity index (χ1v) is 7.28. The van der Waals surface area contributed by atoms with Crippen molar-refractivity contribution in [2.24, 2.45) is 7.05 Å². The molecule has 23 heavy (non-hydrogen) atoms. The second-order valence-electron chi connectivity index (χ2n) is 5.54. The topological polar surface area (TPSA) is 43.2 Å². The molecule has 0 aliphatic carbocycles. The van der Waals surface area contributed by atoms with E-state index in [0.29, 0.717) is 26.2 Å². The molecule has 1 aliphatic rings. The quantitative estimate of drug-likeness (QED) is 0.869. The van der Waals surface area contributed by atoms with Gasteiger partial charge in [0, 0.05) is 20.1 Å². The van der Waals surface area contributed by atoms with Gasteiger partial charge in [0.2, 0.25) is 0 Å². The van der Waals surface area contributed by atoms with Gasteiger partial charge in [-0.05, 0) is 11.6 Å². The molecule has 0 amide bonds. The summed E-state index contributed by atoms with van der Waals surface area (Å²) in [4.78, 5) is 2.03. The largest absolute Gasteiger partial charge is 0.416 e. The highest BCUT2D eigenvalue weighted by Gasteiger charge is 2.36. The van der Waals surface area contributed by atoms with Gasteiger partial charge in [-0.3, -0.25) is 4.90 Å². The SMILES string of the molecule is Cn1cnnc1CN1CCO[C@@H](c2ccccc2C(F)(F)F)C1. The highest BCUT2D eigenvalue weighted by Crippen LogP contribution is 2.36. The van der Waals surface area contributed by atoms with Gasteiger partial charge < -0.3 is 9.30 Å². The van der Waals surface area contributed by atoms with Gasteiger partial charge in [0.05, 0.1) is 24.8 Å². The molecule has 1 atom stereocenters. The highest BCUT2D eigenvalue weighted by atomic mass is 19.4. The Morgan fingerprint density at radius 2 is 2.09 bits per heavy atom. The van der Waals surface area contributed by atoms with E-state index in [0.717, 1.165) is 11.9 Å². The van der Waals surface area contributed by atoms with Crippen molar-refractivity contribution in [2.45, 2.75) is 18.8 Å². The predicted octanol–water partition coefficient (Wildman–Crippen LogP) is 2.41. The third-order valence-electron chi connectivity index (χ3n) is 3.93. The van der Waals surface area contributed by atoms with Crippen molar-refractivity contribution in [1.29, 1.82) is 0 Å². The maximum absolute atomic E-state index is 13.2. The van der Waals surface area contributed by atoms with Gasteiger partial charge in [0.25, 0.3) is 0 Å². The number of rotatable bonds is 3. The first kappa shape index (κ1) is 15.9. The number of morpholine rings is 1. The number of alkyl halides is 3. The van der Waals surface area contributed by atoms with Gasteiger partial charge in [-0.25, -0.2) is 0 Å². The van der Waals surface area contributed by atoms with Crippen LogP contribution >= 0.6 is 0 Å². The van der Waals surface area contributed by atoms with E-state index in [1.54, 1.807) is 17.0 Å². The summed E-state index contributed by atoms with van der Waals surface area (Å²) in [7, 11) is 1.84. The second-order valence-corrected chi connectivity index (χ2v) is 5.54. The molecule has 5 nitrogen and oxygen atoms in total. The standard InChI is InChI=1S/C15H17F3N4O/c1-21-10-19-20-14(21)9-22-6-7-23-13(8-22)11-4-2-3-5-12(11)15(16,17)18/h2-5,10,13H,6-9H2,1H3/t13-/m1/s1. The monoisotopic (exact) mass is 326 g/mol. The Morgan fingerprint density at radius 3 is 2.78 bits per heavy atom. The summed E-state index contributed by atoms with van der Waals surface area (Å²) in [5.74, 6) is 0.773. The molecule has 1 fully saturated rings. The van der Waals surface area contributed by atoms with Crippen molar-refractivity contribution in [3.8, 4) is 0 Å². The lowest BCUT2D eigenvalue weighted by Crippen LogP contribution is -2.39. The van der Waals surface area contributed by atoms with Crippen molar-refractivity contribution in [3.05, 3.63) is 47.5 Å². The fraction of sp³-hybridized carbons (Fsp3) is 0.467. The fourth-order valence-corrected chi connectivity index (χ4v) is 2.72. The maximum atomic E-state index is 13.2. The van der Waals surface area contributed by atoms with Crippen molar-refractivity contribution in [1.82, 2.24) is 19.7 Å². The second kappa shape index (κ2) is 6.29. The summed E-state index contributed by atoms with van der Waals surface area (Å²) >= 11 is 0. The Labute approximate surface area is 131 Å². The molecule has 8 heteroatoms. The Balaban J connectivity index is 1.78. The molecule has 1 aliphatic heterocycles. The van der Waals surface area contributed by atoms with E-state index in [1.807, 2.05) is 11.9 Å². The molecule has 1 saturated heterocycles. The molecule has 2 heterocycles. The Bertz CT molecular complexity index is 671. The Hall–Kier alpha value is -1.93. The maximum Gasteiger partial charge on any atom is 0.416 e. The summed E-state index contributed by atoms with van der Waals surface area (Å²) in [5.41, 5.74) is -0.451. The van der Waals surface area contributed by atoms with Gasteiger partial charge in [-0.15, -0.1) is 10.2 Å². The third kappa shape index (κ3) is 3.53. The number of halogens is 3. The molecule has 1 aromatic carbocycles. The third-order valence-corrected chi connectivity index (χ3v) is 3.93. The zero-order valence-electron chi connectivity index (χ0n) is 12.6. The molecule has 1 aromatic heterocycles. The molecule has 0 N–H and O–H groups in total. The number of benzene rings is 1. The van der Waals surface area contributed by atoms with Gasteiger partial charge >= 0.3 is 6.18 Å². The normalized spacial score (nSPS) is 19.9. The van der Waals surface area contributed by atoms with E-state index in [1.165, 1.54) is 12.1 Å². The van der Waals surface area contributed by atoms with Crippen LogP contribution in [0.2, 0.25) is 0 Å². The predicted molar refractivity (Wildman–Crippen MR) is 76.4 cm³/mol. The molecule has 2 aromatic rings. The number of ether oxygens (including phenoxy) is 1. The molecule has 0 saturated carbocycles. The van der Waals surface area contributed by atoms with Gasteiger partial charge in [-0.2, -0.15) is 13.2 Å². The molecule has 124 valence electrons. The lowest BCUT2D eigenvalue weighted by atomic mass is 10.0. The van der Waals surface area contributed by atoms with E-state index < -0.39 is 17.8 Å². The molecule has 0 spiro atoms. The van der Waals surface area contributed by atoms with Gasteiger partial charge in [-0.1, -0.05) is 18.2 Å². The number of nitrogens with zero attached hydrogens (tertiary/aromatic N) is 4. The van der Waals surface area contributed by atoms with Gasteiger partial charge in [0.1, 0.15) is 12.2 Å². The number of aryl methyl sites for hydroxylation is 1. The van der Waals surface area contributed by atoms with E-state index in [-0.39, 0.29) is 5.56 Å². The summed E-state index contributed by atoms with van der Waals surface area (Å²) in [6.45, 7) is 1.96. The van der Waals surface area contributed by atoms with Crippen LogP contribution in [0.3, 0.4) is 0 Å². The fourth-order valence-electron chi connectivity index (χ4n) is 2.72. The van der Waals surface area contributed by atoms with Gasteiger partial charge in [0.15, 0.2) is 0 Å². The Kier molecular flexibility index (Phi) is 4.36. The van der Waals surface area contributed by atoms with Crippen LogP contribution in [0, 0.1) is 0 Å². The average molecular weight is 326 g/mol. The van der Waals surface area contributed by atoms with E-state index in [9.17, 15) is 13.2 Å². The first-order chi connectivity index (χ1) is 10.9. The van der Waals surface area contributed by atoms with Crippen LogP contribution in [0.4, 0.5) is 13.2 Å². The molecule has 0 radical (unpaired) electrons. The van der Waals surface area contributed by atoms with Crippen LogP contribution in [0.1, 0.15) is 23.1 Å². The summed E-state index contributed by atoms with van der Waals surface area (Å²) in [5, 5.41) is 7.83. The zero-order chi connectivity index (χ0) is 16.4. The smallest absolute Gasteiger partial charge is 0.371 e. The number of hydrogen-bond donors (Lipinski definition) is 0. The highest BCUT2D eigenvalue weighted by molar-refractivity contribution is 5.32. The van der Waals surface area contributed by atoms with Crippen molar-refractivity contribution in [3.63, 3.8) is 0 Å². The zero-order valence-corrected chi connectivity index (χ0v) is 12.6. The molecule has 3 rings (SSSR count). The van der Waals surface area contributed by atoms with Crippen LogP contribution in [-0.4, -0.2) is 39.4 Å². The summed E-state index contributed by atoms with van der Waals surface area (Å²) in [6.07, 6.45) is -3.38. The van der Waals surface area contributed by atoms with Crippen LogP contribution in [0.15, 0.2) is 30.6 Å². The van der Waals surface area contributed by atoms with Crippen molar-refractivity contribution >= 4 is 0 Å². The summed E-state index contributed by atoms with van der Waals surface area (Å²) in [6, 6.07) is 5.58. The van der Waals surface area contributed by atoms with Crippen molar-refractivity contribution in [2.75, 3.05) is 19.7 Å². The summed E-state index contributed by atoms with van der Waals surface area (Å²) < 4.78 is 46.9. The number of hydrogen-bond acceptors (Lipinski definition) is 4. The minimum Gasteiger partial charge on any atom is -0.371 e. The van der Waals surface area contributed by atoms with E-state index >= 15 is 0 Å². The minimum absolute atomic E-state index is 0.183. The lowest BCUT2D eigenvalue weighted by Gasteiger charge is -2.33. The average Bonchev–Trinajstić information content (AvgIpc) is 2.92. The van der Waals surface area contributed by atoms with Crippen LogP contribution in [0.5, 0.6) is 0 Å².